The summed E-state index contributed by atoms with van der Waals surface area (Å²) in [5, 5.41) is 12.5. The minimum atomic E-state index is -1.21. The third-order valence-electron chi connectivity index (χ3n) is 2.70. The molecule has 20 heavy (non-hydrogen) atoms. The molecule has 1 aromatic carbocycles. The van der Waals surface area contributed by atoms with Gasteiger partial charge in [-0.25, -0.2) is 14.8 Å². The van der Waals surface area contributed by atoms with Gasteiger partial charge in [-0.05, 0) is 12.1 Å². The van der Waals surface area contributed by atoms with Gasteiger partial charge in [0.25, 0.3) is 0 Å². The van der Waals surface area contributed by atoms with Crippen LogP contribution in [0, 0.1) is 0 Å². The van der Waals surface area contributed by atoms with Crippen LogP contribution in [0.4, 0.5) is 5.82 Å². The van der Waals surface area contributed by atoms with Crippen molar-refractivity contribution in [2.24, 2.45) is 0 Å². The summed E-state index contributed by atoms with van der Waals surface area (Å²) < 4.78 is 0. The lowest BCUT2D eigenvalue weighted by atomic mass is 10.2. The molecule has 2 N–H and O–H groups in total. The van der Waals surface area contributed by atoms with Crippen molar-refractivity contribution in [3.8, 4) is 0 Å². The molecule has 0 aliphatic heterocycles. The van der Waals surface area contributed by atoms with Gasteiger partial charge in [-0.15, -0.1) is 0 Å². The van der Waals surface area contributed by atoms with Gasteiger partial charge in [-0.2, -0.15) is 0 Å². The Kier molecular flexibility index (Phi) is 3.79. The van der Waals surface area contributed by atoms with Crippen molar-refractivity contribution in [1.29, 1.82) is 0 Å². The number of hydrogen-bond donors (Lipinski definition) is 2. The van der Waals surface area contributed by atoms with E-state index >= 15 is 0 Å². The van der Waals surface area contributed by atoms with Crippen LogP contribution < -0.4 is 5.32 Å². The molecular weight excluding hydrogens is 260 g/mol. The topological polar surface area (TPSA) is 95.4 Å². The van der Waals surface area contributed by atoms with Crippen LogP contribution in [-0.2, 0) is 4.79 Å². The van der Waals surface area contributed by atoms with Crippen molar-refractivity contribution in [2.75, 3.05) is 26.0 Å². The third-order valence-corrected chi connectivity index (χ3v) is 2.70. The van der Waals surface area contributed by atoms with E-state index in [0.717, 1.165) is 0 Å². The van der Waals surface area contributed by atoms with Gasteiger partial charge in [0.1, 0.15) is 5.82 Å². The maximum Gasteiger partial charge on any atom is 0.374 e. The van der Waals surface area contributed by atoms with E-state index in [-0.39, 0.29) is 18.3 Å². The highest BCUT2D eigenvalue weighted by Crippen LogP contribution is 2.19. The van der Waals surface area contributed by atoms with Crippen molar-refractivity contribution >= 4 is 28.6 Å². The van der Waals surface area contributed by atoms with Gasteiger partial charge in [0.05, 0.1) is 12.1 Å². The molecule has 0 aliphatic rings. The Bertz CT molecular complexity index is 670. The Morgan fingerprint density at radius 2 is 1.95 bits per heavy atom. The molecular formula is C13H14N4O3. The van der Waals surface area contributed by atoms with E-state index in [9.17, 15) is 9.59 Å². The summed E-state index contributed by atoms with van der Waals surface area (Å²) in [6, 6.07) is 7.02. The number of carbonyl (C=O) groups excluding carboxylic acids is 1. The molecule has 104 valence electrons. The Morgan fingerprint density at radius 3 is 2.60 bits per heavy atom. The molecule has 0 atom stereocenters. The van der Waals surface area contributed by atoms with E-state index in [2.05, 4.69) is 15.3 Å². The van der Waals surface area contributed by atoms with Gasteiger partial charge in [-0.1, -0.05) is 12.1 Å². The predicted octanol–water partition coefficient (Wildman–Crippen LogP) is 0.828. The summed E-state index contributed by atoms with van der Waals surface area (Å²) in [6.45, 7) is 0.0348. The second-order valence-corrected chi connectivity index (χ2v) is 4.36. The molecule has 0 radical (unpaired) electrons. The fraction of sp³-hybridized carbons (Fsp3) is 0.231. The lowest BCUT2D eigenvalue weighted by Gasteiger charge is -2.12. The van der Waals surface area contributed by atoms with Crippen LogP contribution >= 0.6 is 0 Å². The zero-order valence-electron chi connectivity index (χ0n) is 11.1. The van der Waals surface area contributed by atoms with Crippen LogP contribution in [-0.4, -0.2) is 52.5 Å². The van der Waals surface area contributed by atoms with Crippen LogP contribution in [0.5, 0.6) is 0 Å². The van der Waals surface area contributed by atoms with E-state index < -0.39 is 5.97 Å². The summed E-state index contributed by atoms with van der Waals surface area (Å²) in [6.07, 6.45) is 0. The Labute approximate surface area is 115 Å². The minimum absolute atomic E-state index is 0.0348. The zero-order chi connectivity index (χ0) is 14.7. The number of carbonyl (C=O) groups is 2. The highest BCUT2D eigenvalue weighted by molar-refractivity contribution is 5.94. The highest BCUT2D eigenvalue weighted by atomic mass is 16.4. The van der Waals surface area contributed by atoms with Gasteiger partial charge in [-0.3, -0.25) is 4.79 Å². The fourth-order valence-electron chi connectivity index (χ4n) is 1.62. The summed E-state index contributed by atoms with van der Waals surface area (Å²) in [5.74, 6) is -1.31. The molecule has 7 heteroatoms. The molecule has 0 saturated carbocycles. The number of hydrogen-bond acceptors (Lipinski definition) is 5. The van der Waals surface area contributed by atoms with Crippen LogP contribution in [0.25, 0.3) is 10.9 Å². The highest BCUT2D eigenvalue weighted by Gasteiger charge is 2.13. The van der Waals surface area contributed by atoms with E-state index in [1.54, 1.807) is 38.4 Å². The average Bonchev–Trinajstić information content (AvgIpc) is 2.43. The summed E-state index contributed by atoms with van der Waals surface area (Å²) >= 11 is 0. The van der Waals surface area contributed by atoms with E-state index in [4.69, 9.17) is 5.11 Å². The van der Waals surface area contributed by atoms with Gasteiger partial charge in [0, 0.05) is 19.5 Å². The number of nitrogens with one attached hydrogen (secondary N) is 1. The van der Waals surface area contributed by atoms with E-state index in [0.29, 0.717) is 16.7 Å². The number of nitrogens with zero attached hydrogens (tertiary/aromatic N) is 3. The normalized spacial score (nSPS) is 10.3. The molecule has 0 unspecified atom stereocenters. The second kappa shape index (κ2) is 5.52. The van der Waals surface area contributed by atoms with Crippen LogP contribution in [0.1, 0.15) is 10.6 Å². The number of carboxylic acids is 1. The summed E-state index contributed by atoms with van der Waals surface area (Å²) in [7, 11) is 3.29. The number of anilines is 1. The molecule has 1 aromatic heterocycles. The lowest BCUT2D eigenvalue weighted by Crippen LogP contribution is -2.29. The minimum Gasteiger partial charge on any atom is -0.475 e. The lowest BCUT2D eigenvalue weighted by molar-refractivity contribution is -0.126. The monoisotopic (exact) mass is 274 g/mol. The number of fused-ring (bicyclic) bond motifs is 1. The second-order valence-electron chi connectivity index (χ2n) is 4.36. The predicted molar refractivity (Wildman–Crippen MR) is 73.7 cm³/mol. The molecule has 0 aliphatic carbocycles. The zero-order valence-corrected chi connectivity index (χ0v) is 11.1. The van der Waals surface area contributed by atoms with Crippen LogP contribution in [0.15, 0.2) is 24.3 Å². The molecule has 0 saturated heterocycles. The smallest absolute Gasteiger partial charge is 0.374 e. The summed E-state index contributed by atoms with van der Waals surface area (Å²) in [5.41, 5.74) is 0.514. The Morgan fingerprint density at radius 1 is 1.25 bits per heavy atom. The molecule has 2 aromatic rings. The SMILES string of the molecule is CN(C)C(=O)CNc1nc(C(=O)O)nc2ccccc12. The quantitative estimate of drug-likeness (QED) is 0.857. The molecule has 0 fully saturated rings. The molecule has 2 rings (SSSR count). The maximum absolute atomic E-state index is 11.6. The maximum atomic E-state index is 11.6. The standard InChI is InChI=1S/C13H14N4O3/c1-17(2)10(18)7-14-11-8-5-3-4-6-9(8)15-12(16-11)13(19)20/h3-6H,7H2,1-2H3,(H,19,20)(H,14,15,16). The molecule has 7 nitrogen and oxygen atoms in total. The first-order chi connectivity index (χ1) is 9.49. The average molecular weight is 274 g/mol. The molecule has 1 amide bonds. The Balaban J connectivity index is 2.39. The molecule has 0 spiro atoms. The number of aromatic nitrogens is 2. The number of benzene rings is 1. The first-order valence-corrected chi connectivity index (χ1v) is 5.93. The molecule has 1 heterocycles. The number of rotatable bonds is 4. The van der Waals surface area contributed by atoms with Crippen LogP contribution in [0.2, 0.25) is 0 Å². The first-order valence-electron chi connectivity index (χ1n) is 5.93. The first kappa shape index (κ1) is 13.7. The van der Waals surface area contributed by atoms with Crippen molar-refractivity contribution in [2.45, 2.75) is 0 Å². The van der Waals surface area contributed by atoms with Crippen molar-refractivity contribution < 1.29 is 14.7 Å². The van der Waals surface area contributed by atoms with Gasteiger partial charge in [0.15, 0.2) is 0 Å². The van der Waals surface area contributed by atoms with Gasteiger partial charge < -0.3 is 15.3 Å². The third kappa shape index (κ3) is 2.82. The van der Waals surface area contributed by atoms with E-state index in [1.807, 2.05) is 0 Å². The number of aromatic carboxylic acids is 1. The molecule has 0 bridgehead atoms. The van der Waals surface area contributed by atoms with Gasteiger partial charge >= 0.3 is 5.97 Å². The van der Waals surface area contributed by atoms with Crippen molar-refractivity contribution in [3.05, 3.63) is 30.1 Å². The number of carboxylic acid groups (broad SMARTS) is 1. The van der Waals surface area contributed by atoms with Crippen LogP contribution in [0.3, 0.4) is 0 Å². The largest absolute Gasteiger partial charge is 0.475 e. The number of likely N-dealkylation sites (N-methyl/N-ethyl adjacent to an activating group) is 1. The fourth-order valence-corrected chi connectivity index (χ4v) is 1.62. The number of para-hydroxylation sites is 1. The van der Waals surface area contributed by atoms with E-state index in [1.165, 1.54) is 4.90 Å². The van der Waals surface area contributed by atoms with Crippen molar-refractivity contribution in [1.82, 2.24) is 14.9 Å². The van der Waals surface area contributed by atoms with Crippen molar-refractivity contribution in [3.63, 3.8) is 0 Å². The summed E-state index contributed by atoms with van der Waals surface area (Å²) in [4.78, 5) is 31.9. The number of amides is 1. The Hall–Kier alpha value is -2.70. The van der Waals surface area contributed by atoms with Gasteiger partial charge in [0.2, 0.25) is 11.7 Å².